The van der Waals surface area contributed by atoms with E-state index >= 15 is 0 Å². The molecule has 0 bridgehead atoms. The van der Waals surface area contributed by atoms with Crippen molar-refractivity contribution >= 4 is 23.3 Å². The monoisotopic (exact) mass is 846 g/mol. The summed E-state index contributed by atoms with van der Waals surface area (Å²) < 4.78 is 5.11. The summed E-state index contributed by atoms with van der Waals surface area (Å²) in [5.74, 6) is 1.15. The van der Waals surface area contributed by atoms with Crippen molar-refractivity contribution in [2.75, 3.05) is 83.2 Å². The van der Waals surface area contributed by atoms with Gasteiger partial charge in [-0.3, -0.25) is 24.6 Å². The summed E-state index contributed by atoms with van der Waals surface area (Å²) in [4.78, 5) is 54.9. The molecule has 0 radical (unpaired) electrons. The Bertz CT molecular complexity index is 2570. The quantitative estimate of drug-likeness (QED) is 0.144. The van der Waals surface area contributed by atoms with Gasteiger partial charge in [0, 0.05) is 101 Å². The molecule has 322 valence electrons. The second-order valence-corrected chi connectivity index (χ2v) is 14.9. The van der Waals surface area contributed by atoms with Crippen LogP contribution in [-0.2, 0) is 13.1 Å². The topological polar surface area (TPSA) is 217 Å². The number of piperazine rings is 2. The molecule has 2 saturated heterocycles. The Hall–Kier alpha value is -7.22. The lowest BCUT2D eigenvalue weighted by Crippen LogP contribution is -2.45. The van der Waals surface area contributed by atoms with E-state index in [9.17, 15) is 10.1 Å². The summed E-state index contributed by atoms with van der Waals surface area (Å²) in [7, 11) is 1.49. The highest BCUT2D eigenvalue weighted by Gasteiger charge is 2.18. The summed E-state index contributed by atoms with van der Waals surface area (Å²) in [5, 5.41) is 24.7. The van der Waals surface area contributed by atoms with Crippen molar-refractivity contribution in [3.63, 3.8) is 0 Å². The number of nitrogens with zero attached hydrogens (tertiary/aromatic N) is 13. The zero-order valence-corrected chi connectivity index (χ0v) is 35.7. The molecule has 2 fully saturated rings. The molecule has 18 nitrogen and oxygen atoms in total. The Labute approximate surface area is 366 Å². The fraction of sp³-hybridized carbons (Fsp3) is 0.333. The van der Waals surface area contributed by atoms with Crippen LogP contribution in [0.5, 0.6) is 5.88 Å². The Kier molecular flexibility index (Phi) is 15.0. The number of ether oxygens (including phenoxy) is 1. The molecule has 63 heavy (non-hydrogen) atoms. The van der Waals surface area contributed by atoms with Gasteiger partial charge in [0.1, 0.15) is 23.3 Å². The fourth-order valence-corrected chi connectivity index (χ4v) is 7.14. The normalized spacial score (nSPS) is 14.7. The summed E-state index contributed by atoms with van der Waals surface area (Å²) in [6, 6.07) is 18.7. The predicted octanol–water partition coefficient (Wildman–Crippen LogP) is 4.67. The summed E-state index contributed by atoms with van der Waals surface area (Å²) in [5.41, 5.74) is 6.26. The standard InChI is InChI=1S/C23H26N8O.C22H24N8O/c1-3-30-8-10-31(11-9-30)16-20-5-4-19(15-26-20)28-23-25-7-6-21(29-23)18-12-17(13-24)22(32-2)27-14-18;1-2-29-7-9-30(10-8-29)15-19-4-3-18(14-25-19)27-22-24-6-5-20(28-22)17-11-16(12-23)21(31)26-13-17/h4-7,12,14-15H,3,8-11,16H2,1-2H3,(H,25,28,29);3-6,11,13-14H,2,7-10,15H2,1H3,(H,26,31)(H,24,27,28). The van der Waals surface area contributed by atoms with Crippen LogP contribution in [0.15, 0.2) is 90.5 Å². The van der Waals surface area contributed by atoms with Gasteiger partial charge in [-0.05, 0) is 61.6 Å². The molecule has 2 aliphatic heterocycles. The second-order valence-electron chi connectivity index (χ2n) is 14.9. The summed E-state index contributed by atoms with van der Waals surface area (Å²) in [6.45, 7) is 17.0. The first-order valence-electron chi connectivity index (χ1n) is 20.9. The number of hydrogen-bond donors (Lipinski definition) is 3. The van der Waals surface area contributed by atoms with Gasteiger partial charge >= 0.3 is 0 Å². The minimum atomic E-state index is -0.419. The number of anilines is 4. The molecule has 6 aromatic heterocycles. The Morgan fingerprint density at radius 3 is 1.59 bits per heavy atom. The number of likely N-dealkylation sites (N-methyl/N-ethyl adjacent to an activating group) is 2. The molecule has 0 amide bonds. The van der Waals surface area contributed by atoms with Crippen molar-refractivity contribution in [3.8, 4) is 40.5 Å². The minimum Gasteiger partial charge on any atom is -0.480 e. The third-order valence-electron chi connectivity index (χ3n) is 10.8. The molecule has 0 spiro atoms. The summed E-state index contributed by atoms with van der Waals surface area (Å²) in [6.07, 6.45) is 10.0. The van der Waals surface area contributed by atoms with Crippen molar-refractivity contribution in [1.29, 1.82) is 10.5 Å². The molecule has 0 unspecified atom stereocenters. The number of methoxy groups -OCH3 is 1. The minimum absolute atomic E-state index is 0.0431. The van der Waals surface area contributed by atoms with Crippen molar-refractivity contribution in [1.82, 2.24) is 59.5 Å². The van der Waals surface area contributed by atoms with Crippen molar-refractivity contribution in [2.24, 2.45) is 0 Å². The molecule has 0 aromatic carbocycles. The first kappa shape index (κ1) is 43.9. The van der Waals surface area contributed by atoms with Gasteiger partial charge in [0.15, 0.2) is 0 Å². The highest BCUT2D eigenvalue weighted by molar-refractivity contribution is 5.64. The van der Waals surface area contributed by atoms with E-state index in [1.54, 1.807) is 49.2 Å². The Morgan fingerprint density at radius 2 is 1.13 bits per heavy atom. The first-order valence-corrected chi connectivity index (χ1v) is 20.9. The van der Waals surface area contributed by atoms with Gasteiger partial charge in [-0.25, -0.2) is 24.9 Å². The molecule has 18 heteroatoms. The Morgan fingerprint density at radius 1 is 0.635 bits per heavy atom. The molecular weight excluding hydrogens is 797 g/mol. The van der Waals surface area contributed by atoms with Crippen LogP contribution in [0.4, 0.5) is 23.3 Å². The van der Waals surface area contributed by atoms with Crippen molar-refractivity contribution < 1.29 is 4.74 Å². The number of hydrogen-bond acceptors (Lipinski definition) is 17. The average Bonchev–Trinajstić information content (AvgIpc) is 3.33. The summed E-state index contributed by atoms with van der Waals surface area (Å²) >= 11 is 0. The molecule has 6 aromatic rings. The average molecular weight is 847 g/mol. The highest BCUT2D eigenvalue weighted by atomic mass is 16.5. The number of rotatable bonds is 13. The maximum Gasteiger partial charge on any atom is 0.265 e. The van der Waals surface area contributed by atoms with Crippen LogP contribution >= 0.6 is 0 Å². The van der Waals surface area contributed by atoms with E-state index in [1.165, 1.54) is 19.4 Å². The van der Waals surface area contributed by atoms with Crippen molar-refractivity contribution in [3.05, 3.63) is 119 Å². The van der Waals surface area contributed by atoms with Crippen LogP contribution < -0.4 is 20.9 Å². The second kappa shape index (κ2) is 21.5. The van der Waals surface area contributed by atoms with Gasteiger partial charge < -0.3 is 30.2 Å². The number of nitriles is 2. The highest BCUT2D eigenvalue weighted by Crippen LogP contribution is 2.24. The first-order chi connectivity index (χ1) is 30.8. The molecule has 2 aliphatic rings. The lowest BCUT2D eigenvalue weighted by atomic mass is 10.1. The number of aromatic amines is 1. The number of H-pyrrole nitrogens is 1. The predicted molar refractivity (Wildman–Crippen MR) is 239 cm³/mol. The van der Waals surface area contributed by atoms with Crippen LogP contribution in [0.2, 0.25) is 0 Å². The Balaban J connectivity index is 0.000000189. The van der Waals surface area contributed by atoms with E-state index in [1.807, 2.05) is 30.3 Å². The van der Waals surface area contributed by atoms with E-state index in [-0.39, 0.29) is 5.56 Å². The van der Waals surface area contributed by atoms with Gasteiger partial charge in [0.05, 0.1) is 53.7 Å². The third kappa shape index (κ3) is 12.0. The van der Waals surface area contributed by atoms with E-state index < -0.39 is 5.56 Å². The van der Waals surface area contributed by atoms with Crippen LogP contribution in [0.1, 0.15) is 36.4 Å². The zero-order valence-electron chi connectivity index (χ0n) is 35.7. The number of pyridine rings is 4. The molecule has 0 aliphatic carbocycles. The van der Waals surface area contributed by atoms with E-state index in [0.717, 1.165) is 101 Å². The maximum atomic E-state index is 11.6. The maximum absolute atomic E-state index is 11.6. The van der Waals surface area contributed by atoms with E-state index in [4.69, 9.17) is 10.00 Å². The third-order valence-corrected chi connectivity index (χ3v) is 10.8. The van der Waals surface area contributed by atoms with E-state index in [2.05, 4.69) is 90.0 Å². The lowest BCUT2D eigenvalue weighted by molar-refractivity contribution is 0.131. The number of nitrogens with one attached hydrogen (secondary N) is 3. The van der Waals surface area contributed by atoms with Crippen LogP contribution in [0, 0.1) is 22.7 Å². The van der Waals surface area contributed by atoms with Crippen LogP contribution in [-0.4, -0.2) is 132 Å². The molecule has 0 atom stereocenters. The lowest BCUT2D eigenvalue weighted by Gasteiger charge is -2.33. The van der Waals surface area contributed by atoms with Gasteiger partial charge in [-0.15, -0.1) is 0 Å². The molecular formula is C45H50N16O2. The smallest absolute Gasteiger partial charge is 0.265 e. The zero-order chi connectivity index (χ0) is 44.0. The number of aromatic nitrogens is 8. The molecule has 8 rings (SSSR count). The molecule has 0 saturated carbocycles. The fourth-order valence-electron chi connectivity index (χ4n) is 7.14. The van der Waals surface area contributed by atoms with Crippen LogP contribution in [0.3, 0.4) is 0 Å². The van der Waals surface area contributed by atoms with Gasteiger partial charge in [0.25, 0.3) is 5.56 Å². The molecule has 8 heterocycles. The van der Waals surface area contributed by atoms with E-state index in [0.29, 0.717) is 45.9 Å². The van der Waals surface area contributed by atoms with Gasteiger partial charge in [-0.2, -0.15) is 10.5 Å². The van der Waals surface area contributed by atoms with Crippen molar-refractivity contribution in [2.45, 2.75) is 26.9 Å². The van der Waals surface area contributed by atoms with Gasteiger partial charge in [-0.1, -0.05) is 13.8 Å². The SMILES string of the molecule is CCN1CCN(Cc2ccc(Nc3nccc(-c4c[nH]c(=O)c(C#N)c4)n3)cn2)CC1.CCN1CCN(Cc2ccc(Nc3nccc(-c4cnc(OC)c(C#N)c4)n3)cn2)CC1. The largest absolute Gasteiger partial charge is 0.480 e. The van der Waals surface area contributed by atoms with Gasteiger partial charge in [0.2, 0.25) is 17.8 Å². The molecule has 3 N–H and O–H groups in total. The van der Waals surface area contributed by atoms with Crippen LogP contribution in [0.25, 0.3) is 22.5 Å².